The SMILES string of the molecule is [15NH2][13c]1[15n][13cH][15n][13c]2[13c]1[15n][13cH][15n]2[13C@H]1[13CH2][13C@@H](O)[13C@@H]([13CH2]OP(=O)(O)OP(=O)([O-])OP(=O)([O-])O)O1.[Li+].[Li+]. The molecule has 5 N–H and O–H groups in total. The van der Waals surface area contributed by atoms with Crippen molar-refractivity contribution >= 4 is 40.4 Å². The molecule has 3 heterocycles. The monoisotopic (exact) mass is 518 g/mol. The summed E-state index contributed by atoms with van der Waals surface area (Å²) < 4.78 is 51.5. The normalized spacial score (nSPS) is 26.3. The zero-order valence-electron chi connectivity index (χ0n) is 16.5. The number of anilines is 1. The zero-order valence-corrected chi connectivity index (χ0v) is 19.2. The average molecular weight is 518 g/mol. The Morgan fingerprint density at radius 3 is 2.47 bits per heavy atom. The molecule has 168 valence electrons. The first-order valence-corrected chi connectivity index (χ1v) is 12.2. The molecule has 1 fully saturated rings. The number of nitrogen functional groups attached to an aromatic ring is 1. The van der Waals surface area contributed by atoms with Crippen molar-refractivity contribution in [2.75, 3.05) is 12.3 Å². The predicted molar refractivity (Wildman–Crippen MR) is 89.6 cm³/mol. The molecule has 2 aromatic heterocycles. The van der Waals surface area contributed by atoms with Crippen LogP contribution in [0.3, 0.4) is 0 Å². The standard InChI is InChI=1S/C10H16N5O12P3.2Li/c11-9-8-10(13-3-12-9)15(4-14-8)7-1-5(16)6(25-7)2-24-29(20,21)27-30(22,23)26-28(17,18)19;;/h3-7,16H,1-2H2,(H,20,21)(H,22,23)(H2,11,12,13)(H2,17,18,19);;/q;2*+1/p-2/t5-,6-,7-;;/m1../s1/i1+1,2+1,3+1,4+1,5+1,6+1,7+1,8+1,9+1,10+1,11+1,12+1,13+1,14+1,15+1;;. The Kier molecular flexibility index (Phi) is 10.4. The van der Waals surface area contributed by atoms with E-state index in [1.807, 2.05) is 0 Å². The van der Waals surface area contributed by atoms with E-state index in [2.05, 4.69) is 28.1 Å². The van der Waals surface area contributed by atoms with Crippen molar-refractivity contribution in [1.29, 1.82) is 0 Å². The van der Waals surface area contributed by atoms with Crippen molar-refractivity contribution in [1.82, 2.24) is 19.5 Å². The largest absolute Gasteiger partial charge is 1.00 e. The van der Waals surface area contributed by atoms with Crippen LogP contribution in [0.4, 0.5) is 5.82 Å². The van der Waals surface area contributed by atoms with Gasteiger partial charge in [-0.25, -0.2) is 28.1 Å². The van der Waals surface area contributed by atoms with Crippen LogP contribution in [0.1, 0.15) is 12.6 Å². The van der Waals surface area contributed by atoms with Gasteiger partial charge in [0.1, 0.15) is 24.2 Å². The second-order valence-electron chi connectivity index (χ2n) is 5.86. The summed E-state index contributed by atoms with van der Waals surface area (Å²) >= 11 is 0. The number of imidazole rings is 1. The van der Waals surface area contributed by atoms with Gasteiger partial charge in [-0.05, 0) is 0 Å². The molecule has 6 atom stereocenters. The van der Waals surface area contributed by atoms with E-state index in [9.17, 15) is 33.5 Å². The van der Waals surface area contributed by atoms with Gasteiger partial charge >= 0.3 is 45.5 Å². The van der Waals surface area contributed by atoms with Gasteiger partial charge in [-0.15, -0.1) is 0 Å². The van der Waals surface area contributed by atoms with E-state index in [-0.39, 0.29) is 55.5 Å². The van der Waals surface area contributed by atoms with Gasteiger partial charge in [-0.3, -0.25) is 18.2 Å². The maximum Gasteiger partial charge on any atom is 1.00 e. The number of phosphoric acid groups is 3. The number of fused-ring (bicyclic) bond motifs is 1. The first-order chi connectivity index (χ1) is 13.8. The summed E-state index contributed by atoms with van der Waals surface area (Å²) in [4.78, 5) is 51.2. The van der Waals surface area contributed by atoms with Gasteiger partial charge in [0, 0.05) is 6.42 Å². The Bertz CT molecular complexity index is 1080. The van der Waals surface area contributed by atoms with E-state index >= 15 is 0 Å². The molecule has 0 radical (unpaired) electrons. The van der Waals surface area contributed by atoms with Crippen LogP contribution >= 0.6 is 23.5 Å². The molecular formula is C10H14Li2N5O12P3. The Morgan fingerprint density at radius 1 is 1.19 bits per heavy atom. The third-order valence-electron chi connectivity index (χ3n) is 3.71. The van der Waals surface area contributed by atoms with Crippen molar-refractivity contribution in [2.24, 2.45) is 0 Å². The molecular weight excluding hydrogens is 504 g/mol. The summed E-state index contributed by atoms with van der Waals surface area (Å²) in [7, 11) is -17.2. The molecule has 0 bridgehead atoms. The van der Waals surface area contributed by atoms with E-state index in [4.69, 9.17) is 15.4 Å². The fourth-order valence-electron chi connectivity index (χ4n) is 2.58. The van der Waals surface area contributed by atoms with E-state index < -0.39 is 48.5 Å². The van der Waals surface area contributed by atoms with Crippen LogP contribution in [0.2, 0.25) is 0 Å². The molecule has 3 unspecified atom stereocenters. The number of rotatable bonds is 8. The zero-order chi connectivity index (χ0) is 22.3. The summed E-state index contributed by atoms with van der Waals surface area (Å²) in [5, 5.41) is 10.1. The topological polar surface area (TPSA) is 265 Å². The first-order valence-electron chi connectivity index (χ1n) is 7.78. The molecule has 32 heavy (non-hydrogen) atoms. The van der Waals surface area contributed by atoms with Crippen molar-refractivity contribution in [3.05, 3.63) is 12.7 Å². The van der Waals surface area contributed by atoms with Gasteiger partial charge in [-0.2, -0.15) is 0 Å². The van der Waals surface area contributed by atoms with E-state index in [0.717, 1.165) is 0 Å². The minimum Gasteiger partial charge on any atom is -0.756 e. The minimum atomic E-state index is -5.95. The summed E-state index contributed by atoms with van der Waals surface area (Å²) in [5.41, 5.74) is 6.27. The smallest absolute Gasteiger partial charge is 0.756 e. The van der Waals surface area contributed by atoms with Crippen LogP contribution in [0.5, 0.6) is 0 Å². The van der Waals surface area contributed by atoms with Gasteiger partial charge in [0.25, 0.3) is 15.6 Å². The fraction of sp³-hybridized carbons (Fsp3) is 0.500. The molecule has 1 saturated heterocycles. The molecule has 0 aliphatic carbocycles. The summed E-state index contributed by atoms with van der Waals surface area (Å²) in [6.07, 6.45) is -0.767. The third-order valence-corrected chi connectivity index (χ3v) is 7.44. The second kappa shape index (κ2) is 11.1. The number of aromatic nitrogens is 4. The predicted octanol–water partition coefficient (Wildman–Crippen LogP) is -7.86. The van der Waals surface area contributed by atoms with Gasteiger partial charge in [-0.1, -0.05) is 0 Å². The van der Waals surface area contributed by atoms with Crippen LogP contribution in [0, 0.1) is 0 Å². The summed E-state index contributed by atoms with van der Waals surface area (Å²) in [6.45, 7) is -0.830. The van der Waals surface area contributed by atoms with Gasteiger partial charge in [0.05, 0.1) is 19.0 Å². The van der Waals surface area contributed by atoms with Crippen molar-refractivity contribution in [3.8, 4) is 0 Å². The molecule has 17 nitrogen and oxygen atoms in total. The Morgan fingerprint density at radius 2 is 1.84 bits per heavy atom. The van der Waals surface area contributed by atoms with Crippen LogP contribution in [-0.2, 0) is 31.6 Å². The molecule has 22 heteroatoms. The van der Waals surface area contributed by atoms with Gasteiger partial charge in [0.2, 0.25) is 0 Å². The Balaban J connectivity index is 0.00000256. The maximum atomic E-state index is 11.7. The molecule has 2 aromatic rings. The quantitative estimate of drug-likeness (QED) is 0.109. The number of hydrogen-bond acceptors (Lipinski definition) is 14. The number of phosphoric ester groups is 1. The molecule has 0 spiro atoms. The number of hydrogen-bond donors (Lipinski definition) is 4. The maximum absolute atomic E-state index is 11.7. The van der Waals surface area contributed by atoms with E-state index in [1.54, 1.807) is 0 Å². The number of aliphatic hydroxyl groups is 1. The van der Waals surface area contributed by atoms with Crippen molar-refractivity contribution in [2.45, 2.75) is 24.9 Å². The van der Waals surface area contributed by atoms with Crippen LogP contribution < -0.4 is 53.2 Å². The molecule has 0 amide bonds. The second-order valence-corrected chi connectivity index (χ2v) is 10.2. The molecule has 1 aliphatic rings. The van der Waals surface area contributed by atoms with Crippen LogP contribution in [0.15, 0.2) is 12.7 Å². The molecule has 0 aromatic carbocycles. The number of ether oxygens (including phenoxy) is 1. The van der Waals surface area contributed by atoms with E-state index in [0.29, 0.717) is 5.65 Å². The summed E-state index contributed by atoms with van der Waals surface area (Å²) in [6, 6.07) is 0. The number of nitrogens with two attached hydrogens (primary N) is 1. The minimum absolute atomic E-state index is 0. The van der Waals surface area contributed by atoms with E-state index in [1.165, 1.54) is 17.2 Å². The van der Waals surface area contributed by atoms with Crippen molar-refractivity contribution < 1.29 is 94.0 Å². The molecule has 0 saturated carbocycles. The van der Waals surface area contributed by atoms with Gasteiger partial charge in [0.15, 0.2) is 11.5 Å². The number of nitrogens with zero attached hydrogens (tertiary/aromatic N) is 4. The first kappa shape index (κ1) is 29.9. The van der Waals surface area contributed by atoms with Crippen molar-refractivity contribution in [3.63, 3.8) is 0 Å². The van der Waals surface area contributed by atoms with Crippen LogP contribution in [0.25, 0.3) is 11.2 Å². The number of aliphatic hydroxyl groups excluding tert-OH is 1. The Labute approximate surface area is 203 Å². The van der Waals surface area contributed by atoms with Gasteiger partial charge < -0.3 is 35.2 Å². The molecule has 1 aliphatic heterocycles. The average Bonchev–Trinajstić information content (AvgIpc) is 3.14. The third kappa shape index (κ3) is 7.70. The fourth-order valence-corrected chi connectivity index (χ4v) is 5.51. The summed E-state index contributed by atoms with van der Waals surface area (Å²) in [5.74, 6) is 0.116. The Hall–Kier alpha value is -0.125. The van der Waals surface area contributed by atoms with Crippen LogP contribution in [-0.4, -0.2) is 53.2 Å². The molecule has 3 rings (SSSR count).